The summed E-state index contributed by atoms with van der Waals surface area (Å²) in [5.41, 5.74) is 0.572. The van der Waals surface area contributed by atoms with Crippen LogP contribution < -0.4 is 4.90 Å². The zero-order chi connectivity index (χ0) is 18.1. The van der Waals surface area contributed by atoms with E-state index in [1.165, 1.54) is 10.4 Å². The first-order chi connectivity index (χ1) is 12.5. The molecule has 5 nitrogen and oxygen atoms in total. The lowest BCUT2D eigenvalue weighted by Gasteiger charge is -2.30. The second kappa shape index (κ2) is 6.95. The topological polar surface area (TPSA) is 52.5 Å². The molecular formula is C20H24N4OS. The lowest BCUT2D eigenvalue weighted by Crippen LogP contribution is -2.44. The van der Waals surface area contributed by atoms with Gasteiger partial charge in [-0.3, -0.25) is 4.90 Å². The summed E-state index contributed by atoms with van der Waals surface area (Å²) in [5.74, 6) is 0.897. The second-order valence-electron chi connectivity index (χ2n) is 7.30. The van der Waals surface area contributed by atoms with Crippen molar-refractivity contribution in [1.29, 1.82) is 0 Å². The molecule has 0 aliphatic carbocycles. The minimum Gasteiger partial charge on any atom is -0.387 e. The van der Waals surface area contributed by atoms with Crippen molar-refractivity contribution in [2.75, 3.05) is 31.6 Å². The molecule has 136 valence electrons. The average molecular weight is 369 g/mol. The van der Waals surface area contributed by atoms with Crippen LogP contribution in [-0.2, 0) is 6.54 Å². The number of thiophene rings is 1. The van der Waals surface area contributed by atoms with Gasteiger partial charge in [-0.25, -0.2) is 9.97 Å². The van der Waals surface area contributed by atoms with Gasteiger partial charge in [0.2, 0.25) is 0 Å². The summed E-state index contributed by atoms with van der Waals surface area (Å²) in [6.45, 7) is 5.13. The number of rotatable bonds is 5. The maximum absolute atomic E-state index is 11.1. The molecular weight excluding hydrogens is 344 g/mol. The van der Waals surface area contributed by atoms with E-state index >= 15 is 0 Å². The quantitative estimate of drug-likeness (QED) is 0.750. The van der Waals surface area contributed by atoms with E-state index in [1.807, 2.05) is 13.1 Å². The zero-order valence-corrected chi connectivity index (χ0v) is 16.0. The molecule has 26 heavy (non-hydrogen) atoms. The number of aryl methyl sites for hydroxylation is 1. The Morgan fingerprint density at radius 2 is 2.08 bits per heavy atom. The summed E-state index contributed by atoms with van der Waals surface area (Å²) < 4.78 is 0. The minimum absolute atomic E-state index is 0.569. The fraction of sp³-hybridized carbons (Fsp3) is 0.400. The average Bonchev–Trinajstić information content (AvgIpc) is 3.17. The number of likely N-dealkylation sites (tertiary alicyclic amines) is 1. The Labute approximate surface area is 157 Å². The van der Waals surface area contributed by atoms with Gasteiger partial charge in [0.1, 0.15) is 17.0 Å². The smallest absolute Gasteiger partial charge is 0.140 e. The Bertz CT molecular complexity index is 897. The summed E-state index contributed by atoms with van der Waals surface area (Å²) in [6.07, 6.45) is 2.39. The van der Waals surface area contributed by atoms with Gasteiger partial charge < -0.3 is 10.0 Å². The van der Waals surface area contributed by atoms with Gasteiger partial charge in [0.05, 0.1) is 11.0 Å². The van der Waals surface area contributed by atoms with Crippen LogP contribution in [0.25, 0.3) is 10.2 Å². The van der Waals surface area contributed by atoms with E-state index in [2.05, 4.69) is 57.0 Å². The summed E-state index contributed by atoms with van der Waals surface area (Å²) in [7, 11) is 2.01. The summed E-state index contributed by atoms with van der Waals surface area (Å²) in [5, 5.41) is 12.2. The number of benzene rings is 1. The van der Waals surface area contributed by atoms with Crippen LogP contribution in [0.4, 0.5) is 5.82 Å². The van der Waals surface area contributed by atoms with Gasteiger partial charge in [-0.2, -0.15) is 0 Å². The standard InChI is InChI=1S/C20H24N4OS/c1-15-10-17-18(21-14-22-19(17)26-15)23(2)12-20(25)8-9-24(13-20)11-16-6-4-3-5-7-16/h3-7,10,14,25H,8-9,11-13H2,1-2H3. The lowest BCUT2D eigenvalue weighted by atomic mass is 10.0. The number of fused-ring (bicyclic) bond motifs is 1. The molecule has 6 heteroatoms. The van der Waals surface area contributed by atoms with Gasteiger partial charge in [0, 0.05) is 38.1 Å². The predicted octanol–water partition coefficient (Wildman–Crippen LogP) is 3.07. The molecule has 4 rings (SSSR count). The predicted molar refractivity (Wildman–Crippen MR) is 107 cm³/mol. The first-order valence-corrected chi connectivity index (χ1v) is 9.75. The van der Waals surface area contributed by atoms with Crippen molar-refractivity contribution in [2.45, 2.75) is 25.5 Å². The van der Waals surface area contributed by atoms with Gasteiger partial charge in [0.15, 0.2) is 0 Å². The Balaban J connectivity index is 1.46. The number of likely N-dealkylation sites (N-methyl/N-ethyl adjacent to an activating group) is 1. The molecule has 3 aromatic rings. The third-order valence-electron chi connectivity index (χ3n) is 4.98. The molecule has 1 atom stereocenters. The van der Waals surface area contributed by atoms with Crippen LogP contribution in [0.15, 0.2) is 42.7 Å². The highest BCUT2D eigenvalue weighted by Gasteiger charge is 2.37. The molecule has 0 bridgehead atoms. The third kappa shape index (κ3) is 3.58. The van der Waals surface area contributed by atoms with Gasteiger partial charge >= 0.3 is 0 Å². The number of nitrogens with zero attached hydrogens (tertiary/aromatic N) is 4. The number of hydrogen-bond donors (Lipinski definition) is 1. The number of aromatic nitrogens is 2. The fourth-order valence-corrected chi connectivity index (χ4v) is 4.67. The molecule has 0 amide bonds. The van der Waals surface area contributed by atoms with E-state index in [4.69, 9.17) is 0 Å². The van der Waals surface area contributed by atoms with E-state index < -0.39 is 5.60 Å². The molecule has 0 spiro atoms. The first-order valence-electron chi connectivity index (χ1n) is 8.93. The molecule has 1 N–H and O–H groups in total. The number of anilines is 1. The molecule has 1 unspecified atom stereocenters. The second-order valence-corrected chi connectivity index (χ2v) is 8.53. The van der Waals surface area contributed by atoms with Crippen LogP contribution >= 0.6 is 11.3 Å². The highest BCUT2D eigenvalue weighted by Crippen LogP contribution is 2.31. The van der Waals surface area contributed by atoms with Crippen molar-refractivity contribution in [2.24, 2.45) is 0 Å². The monoisotopic (exact) mass is 368 g/mol. The van der Waals surface area contributed by atoms with Gasteiger partial charge in [-0.05, 0) is 25.0 Å². The number of aliphatic hydroxyl groups is 1. The van der Waals surface area contributed by atoms with Gasteiger partial charge in [-0.15, -0.1) is 11.3 Å². The zero-order valence-electron chi connectivity index (χ0n) is 15.2. The van der Waals surface area contributed by atoms with E-state index in [9.17, 15) is 5.11 Å². The summed E-state index contributed by atoms with van der Waals surface area (Å²) in [4.78, 5) is 15.5. The van der Waals surface area contributed by atoms with E-state index in [-0.39, 0.29) is 0 Å². The molecule has 1 fully saturated rings. The van der Waals surface area contributed by atoms with Crippen LogP contribution in [0.5, 0.6) is 0 Å². The van der Waals surface area contributed by atoms with Crippen LogP contribution in [0.2, 0.25) is 0 Å². The SMILES string of the molecule is Cc1cc2c(N(C)CC3(O)CCN(Cc4ccccc4)C3)ncnc2s1. The Morgan fingerprint density at radius 3 is 2.88 bits per heavy atom. The fourth-order valence-electron chi connectivity index (χ4n) is 3.83. The van der Waals surface area contributed by atoms with Crippen molar-refractivity contribution in [3.63, 3.8) is 0 Å². The summed E-state index contributed by atoms with van der Waals surface area (Å²) >= 11 is 1.68. The molecule has 1 aliphatic heterocycles. The molecule has 1 saturated heterocycles. The van der Waals surface area contributed by atoms with Crippen LogP contribution in [0.3, 0.4) is 0 Å². The normalized spacial score (nSPS) is 20.7. The highest BCUT2D eigenvalue weighted by atomic mass is 32.1. The Morgan fingerprint density at radius 1 is 1.27 bits per heavy atom. The molecule has 1 aromatic carbocycles. The van der Waals surface area contributed by atoms with Crippen molar-refractivity contribution in [3.8, 4) is 0 Å². The van der Waals surface area contributed by atoms with Gasteiger partial charge in [-0.1, -0.05) is 30.3 Å². The molecule has 0 saturated carbocycles. The van der Waals surface area contributed by atoms with Crippen LogP contribution in [0, 0.1) is 6.92 Å². The largest absolute Gasteiger partial charge is 0.387 e. The van der Waals surface area contributed by atoms with Crippen molar-refractivity contribution in [3.05, 3.63) is 53.2 Å². The van der Waals surface area contributed by atoms with Crippen LogP contribution in [0.1, 0.15) is 16.9 Å². The molecule has 2 aromatic heterocycles. The Hall–Kier alpha value is -2.02. The minimum atomic E-state index is -0.716. The van der Waals surface area contributed by atoms with Gasteiger partial charge in [0.25, 0.3) is 0 Å². The summed E-state index contributed by atoms with van der Waals surface area (Å²) in [6, 6.07) is 12.6. The van der Waals surface area contributed by atoms with Crippen molar-refractivity contribution in [1.82, 2.24) is 14.9 Å². The molecule has 1 aliphatic rings. The maximum Gasteiger partial charge on any atom is 0.140 e. The lowest BCUT2D eigenvalue weighted by molar-refractivity contribution is 0.0561. The molecule has 0 radical (unpaired) electrons. The van der Waals surface area contributed by atoms with Crippen molar-refractivity contribution < 1.29 is 5.11 Å². The molecule has 3 heterocycles. The van der Waals surface area contributed by atoms with Crippen LogP contribution in [-0.4, -0.2) is 52.3 Å². The third-order valence-corrected chi connectivity index (χ3v) is 5.94. The Kier molecular flexibility index (Phi) is 4.65. The van der Waals surface area contributed by atoms with E-state index in [0.717, 1.165) is 35.5 Å². The maximum atomic E-state index is 11.1. The van der Waals surface area contributed by atoms with E-state index in [1.54, 1.807) is 17.7 Å². The first kappa shape index (κ1) is 17.4. The highest BCUT2D eigenvalue weighted by molar-refractivity contribution is 7.18. The number of β-amino-alcohol motifs (C(OH)–C–C–N with tert-alkyl or cyclic N) is 1. The number of hydrogen-bond acceptors (Lipinski definition) is 6. The van der Waals surface area contributed by atoms with E-state index in [0.29, 0.717) is 13.1 Å². The van der Waals surface area contributed by atoms with Crippen molar-refractivity contribution >= 4 is 27.4 Å².